The smallest absolute Gasteiger partial charge is 0.232 e. The van der Waals surface area contributed by atoms with Crippen LogP contribution in [0.25, 0.3) is 33.1 Å². The third-order valence-electron chi connectivity index (χ3n) is 9.71. The summed E-state index contributed by atoms with van der Waals surface area (Å²) in [7, 11) is 0. The van der Waals surface area contributed by atoms with Crippen molar-refractivity contribution in [3.05, 3.63) is 94.7 Å². The lowest BCUT2D eigenvalue weighted by atomic mass is 9.71. The van der Waals surface area contributed by atoms with Crippen molar-refractivity contribution in [3.8, 4) is 11.3 Å². The summed E-state index contributed by atoms with van der Waals surface area (Å²) in [4.78, 5) is 4.89. The molecular weight excluding hydrogens is 448 g/mol. The lowest BCUT2D eigenvalue weighted by molar-refractivity contribution is -0.703. The molecule has 2 nitrogen and oxygen atoms in total. The number of hydrogen-bond acceptors (Lipinski definition) is 1. The van der Waals surface area contributed by atoms with Crippen LogP contribution in [-0.2, 0) is 12.0 Å². The van der Waals surface area contributed by atoms with E-state index >= 15 is 0 Å². The highest BCUT2D eigenvalue weighted by molar-refractivity contribution is 6.03. The Labute approximate surface area is 220 Å². The highest BCUT2D eigenvalue weighted by atomic mass is 15.1. The summed E-state index contributed by atoms with van der Waals surface area (Å²) in [5, 5.41) is 2.84. The number of rotatable bonds is 6. The molecule has 3 aliphatic rings. The number of fused-ring (bicyclic) bond motifs is 4. The van der Waals surface area contributed by atoms with Crippen LogP contribution in [0, 0.1) is 11.8 Å². The first kappa shape index (κ1) is 22.9. The van der Waals surface area contributed by atoms with Crippen molar-refractivity contribution in [2.24, 2.45) is 11.8 Å². The predicted molar refractivity (Wildman–Crippen MR) is 154 cm³/mol. The van der Waals surface area contributed by atoms with Crippen LogP contribution in [0.15, 0.2) is 78.0 Å². The van der Waals surface area contributed by atoms with Crippen LogP contribution in [0.2, 0.25) is 0 Å². The van der Waals surface area contributed by atoms with Crippen molar-refractivity contribution in [1.29, 1.82) is 0 Å². The van der Waals surface area contributed by atoms with Crippen molar-refractivity contribution in [1.82, 2.24) is 4.98 Å². The van der Waals surface area contributed by atoms with Gasteiger partial charge in [0.25, 0.3) is 0 Å². The van der Waals surface area contributed by atoms with Crippen LogP contribution in [-0.4, -0.2) is 4.98 Å². The average Bonchev–Trinajstić information content (AvgIpc) is 3.20. The Morgan fingerprint density at radius 2 is 1.70 bits per heavy atom. The Hall–Kier alpha value is -3.26. The molecule has 0 N–H and O–H groups in total. The lowest BCUT2D eigenvalue weighted by Gasteiger charge is -2.33. The van der Waals surface area contributed by atoms with Gasteiger partial charge in [0, 0.05) is 36.2 Å². The van der Waals surface area contributed by atoms with E-state index in [4.69, 9.17) is 4.98 Å². The third kappa shape index (κ3) is 3.05. The summed E-state index contributed by atoms with van der Waals surface area (Å²) in [6.45, 7) is 9.45. The summed E-state index contributed by atoms with van der Waals surface area (Å²) >= 11 is 0. The number of nitrogens with zero attached hydrogens (tertiary/aromatic N) is 2. The van der Waals surface area contributed by atoms with E-state index in [2.05, 4.69) is 92.9 Å². The fourth-order valence-electron chi connectivity index (χ4n) is 7.90. The molecular formula is C35H37N2+. The molecule has 0 saturated carbocycles. The SMILES string of the molecule is CCC(CC)C1=CC2(CC(C(CC)CC)=C1)c1ccc3cccc4c3c1-c1c(cc3ncccc3[n+]12)C4. The monoisotopic (exact) mass is 485 g/mol. The van der Waals surface area contributed by atoms with Gasteiger partial charge >= 0.3 is 0 Å². The molecule has 0 radical (unpaired) electrons. The zero-order valence-electron chi connectivity index (χ0n) is 22.6. The molecule has 2 heteroatoms. The second kappa shape index (κ2) is 8.38. The van der Waals surface area contributed by atoms with Crippen LogP contribution in [0.4, 0.5) is 0 Å². The zero-order chi connectivity index (χ0) is 25.3. The number of hydrogen-bond donors (Lipinski definition) is 0. The van der Waals surface area contributed by atoms with Crippen molar-refractivity contribution in [3.63, 3.8) is 0 Å². The molecule has 0 fully saturated rings. The van der Waals surface area contributed by atoms with Crippen molar-refractivity contribution in [2.45, 2.75) is 71.8 Å². The Bertz CT molecular complexity index is 1630. The number of aromatic nitrogens is 2. The first-order valence-electron chi connectivity index (χ1n) is 14.4. The van der Waals surface area contributed by atoms with E-state index < -0.39 is 0 Å². The molecule has 2 aromatic heterocycles. The molecule has 0 amide bonds. The number of pyridine rings is 2. The molecule has 1 unspecified atom stereocenters. The minimum Gasteiger partial charge on any atom is -0.250 e. The Morgan fingerprint density at radius 3 is 2.49 bits per heavy atom. The van der Waals surface area contributed by atoms with E-state index in [9.17, 15) is 0 Å². The fourth-order valence-corrected chi connectivity index (χ4v) is 7.90. The minimum atomic E-state index is -0.210. The van der Waals surface area contributed by atoms with E-state index in [0.717, 1.165) is 18.4 Å². The van der Waals surface area contributed by atoms with Gasteiger partial charge in [-0.15, -0.1) is 0 Å². The maximum absolute atomic E-state index is 4.89. The summed E-state index contributed by atoms with van der Waals surface area (Å²) in [5.74, 6) is 1.21. The molecule has 4 aromatic rings. The molecule has 2 aromatic carbocycles. The maximum Gasteiger partial charge on any atom is 0.232 e. The zero-order valence-corrected chi connectivity index (χ0v) is 22.6. The first-order chi connectivity index (χ1) is 18.1. The lowest BCUT2D eigenvalue weighted by Crippen LogP contribution is -2.56. The van der Waals surface area contributed by atoms with E-state index in [1.165, 1.54) is 69.9 Å². The van der Waals surface area contributed by atoms with Gasteiger partial charge in [0.05, 0.1) is 5.56 Å². The van der Waals surface area contributed by atoms with E-state index in [-0.39, 0.29) is 5.54 Å². The second-order valence-corrected chi connectivity index (χ2v) is 11.4. The molecule has 2 aliphatic carbocycles. The van der Waals surface area contributed by atoms with Gasteiger partial charge in [-0.3, -0.25) is 0 Å². The standard InChI is InChI=1S/C35H37N2/c1-5-22(6-2)27-18-28(23(7-3)8-4)21-35(20-27)29-15-14-24-11-9-12-25-17-26-19-30-31(13-10-16-36-30)37(35)34(26)33(29)32(24)25/h9-16,18-20,22-23H,5-8,17,21H2,1-4H3/q+1. The van der Waals surface area contributed by atoms with E-state index in [0.29, 0.717) is 11.8 Å². The molecule has 1 atom stereocenters. The molecule has 3 heterocycles. The largest absolute Gasteiger partial charge is 0.250 e. The predicted octanol–water partition coefficient (Wildman–Crippen LogP) is 8.43. The highest BCUT2D eigenvalue weighted by Crippen LogP contribution is 2.53. The Kier molecular flexibility index (Phi) is 5.19. The Balaban J connectivity index is 1.64. The van der Waals surface area contributed by atoms with Gasteiger partial charge in [0.1, 0.15) is 5.52 Å². The first-order valence-corrected chi connectivity index (χ1v) is 14.4. The van der Waals surface area contributed by atoms with E-state index in [1.807, 2.05) is 6.20 Å². The van der Waals surface area contributed by atoms with Crippen molar-refractivity contribution >= 4 is 21.8 Å². The van der Waals surface area contributed by atoms with Crippen LogP contribution in [0.1, 0.15) is 76.5 Å². The van der Waals surface area contributed by atoms with E-state index in [1.54, 1.807) is 11.1 Å². The van der Waals surface area contributed by atoms with Crippen LogP contribution in [0.3, 0.4) is 0 Å². The van der Waals surface area contributed by atoms with Gasteiger partial charge in [-0.25, -0.2) is 4.98 Å². The van der Waals surface area contributed by atoms with Gasteiger partial charge in [-0.05, 0) is 77.6 Å². The van der Waals surface area contributed by atoms with Crippen molar-refractivity contribution in [2.75, 3.05) is 0 Å². The van der Waals surface area contributed by atoms with Crippen LogP contribution < -0.4 is 4.57 Å². The quantitative estimate of drug-likeness (QED) is 0.221. The summed E-state index contributed by atoms with van der Waals surface area (Å²) in [6, 6.07) is 18.5. The molecule has 7 rings (SSSR count). The van der Waals surface area contributed by atoms with Gasteiger partial charge < -0.3 is 0 Å². The minimum absolute atomic E-state index is 0.210. The average molecular weight is 486 g/mol. The van der Waals surface area contributed by atoms with Gasteiger partial charge in [0.2, 0.25) is 16.7 Å². The Morgan fingerprint density at radius 1 is 0.892 bits per heavy atom. The molecule has 37 heavy (non-hydrogen) atoms. The maximum atomic E-state index is 4.89. The molecule has 1 aliphatic heterocycles. The molecule has 0 saturated heterocycles. The summed E-state index contributed by atoms with van der Waals surface area (Å²) in [5.41, 5.74) is 12.6. The van der Waals surface area contributed by atoms with Gasteiger partial charge in [-0.1, -0.05) is 69.7 Å². The summed E-state index contributed by atoms with van der Waals surface area (Å²) in [6.07, 6.45) is 14.0. The number of benzene rings is 2. The van der Waals surface area contributed by atoms with Gasteiger partial charge in [0.15, 0.2) is 0 Å². The fraction of sp³-hybridized carbons (Fsp3) is 0.371. The van der Waals surface area contributed by atoms with Gasteiger partial charge in [-0.2, -0.15) is 4.57 Å². The van der Waals surface area contributed by atoms with Crippen molar-refractivity contribution < 1.29 is 4.57 Å². The number of allylic oxidation sites excluding steroid dienone is 4. The van der Waals surface area contributed by atoms with Crippen LogP contribution >= 0.6 is 0 Å². The normalized spacial score (nSPS) is 19.4. The molecule has 1 spiro atoms. The molecule has 186 valence electrons. The topological polar surface area (TPSA) is 16.8 Å². The summed E-state index contributed by atoms with van der Waals surface area (Å²) < 4.78 is 2.72. The molecule has 0 bridgehead atoms. The third-order valence-corrected chi connectivity index (χ3v) is 9.71. The highest BCUT2D eigenvalue weighted by Gasteiger charge is 2.55. The second-order valence-electron chi connectivity index (χ2n) is 11.4. The van der Waals surface area contributed by atoms with Crippen LogP contribution in [0.5, 0.6) is 0 Å².